The summed E-state index contributed by atoms with van der Waals surface area (Å²) in [7, 11) is 0. The van der Waals surface area contributed by atoms with Crippen molar-refractivity contribution in [2.75, 3.05) is 6.54 Å². The third-order valence-electron chi connectivity index (χ3n) is 3.70. The Hall–Kier alpha value is -1.36. The maximum absolute atomic E-state index is 12.1. The molecule has 2 rings (SSSR count). The zero-order valence-electron chi connectivity index (χ0n) is 12.7. The highest BCUT2D eigenvalue weighted by molar-refractivity contribution is 5.76. The Bertz CT molecular complexity index is 418. The van der Waals surface area contributed by atoms with Gasteiger partial charge in [-0.2, -0.15) is 0 Å². The minimum absolute atomic E-state index is 0.0177. The molecule has 2 N–H and O–H groups in total. The van der Waals surface area contributed by atoms with E-state index in [1.807, 2.05) is 10.8 Å². The van der Waals surface area contributed by atoms with Gasteiger partial charge in [0.05, 0.1) is 12.4 Å². The number of nitrogens with zero attached hydrogens (tertiary/aromatic N) is 2. The molecule has 0 radical (unpaired) electrons. The largest absolute Gasteiger partial charge is 0.351 e. The molecule has 1 aliphatic rings. The average Bonchev–Trinajstić information content (AvgIpc) is 3.02. The first-order valence-electron chi connectivity index (χ1n) is 7.43. The van der Waals surface area contributed by atoms with Gasteiger partial charge in [0.1, 0.15) is 0 Å². The fourth-order valence-electron chi connectivity index (χ4n) is 2.09. The monoisotopic (exact) mass is 278 g/mol. The number of rotatable bonds is 7. The first-order chi connectivity index (χ1) is 9.45. The van der Waals surface area contributed by atoms with Crippen LogP contribution in [0.3, 0.4) is 0 Å². The van der Waals surface area contributed by atoms with Gasteiger partial charge >= 0.3 is 0 Å². The Morgan fingerprint density at radius 1 is 1.45 bits per heavy atom. The molecule has 112 valence electrons. The molecule has 1 aromatic rings. The highest BCUT2D eigenvalue weighted by atomic mass is 16.1. The van der Waals surface area contributed by atoms with Gasteiger partial charge in [-0.1, -0.05) is 20.8 Å². The molecule has 5 nitrogen and oxygen atoms in total. The highest BCUT2D eigenvalue weighted by Crippen LogP contribution is 2.21. The summed E-state index contributed by atoms with van der Waals surface area (Å²) in [6.07, 6.45) is 8.55. The molecule has 0 spiro atoms. The fraction of sp³-hybridized carbons (Fsp3) is 0.733. The van der Waals surface area contributed by atoms with Gasteiger partial charge < -0.3 is 15.2 Å². The summed E-state index contributed by atoms with van der Waals surface area (Å²) in [4.78, 5) is 16.1. The van der Waals surface area contributed by atoms with Crippen LogP contribution in [0.5, 0.6) is 0 Å². The molecule has 1 aromatic heterocycles. The molecule has 1 unspecified atom stereocenters. The van der Waals surface area contributed by atoms with E-state index in [0.717, 1.165) is 13.1 Å². The second-order valence-corrected chi connectivity index (χ2v) is 6.72. The number of aromatic nitrogens is 2. The van der Waals surface area contributed by atoms with Crippen LogP contribution in [0.15, 0.2) is 18.7 Å². The molecule has 1 amide bonds. The second kappa shape index (κ2) is 6.39. The zero-order chi connectivity index (χ0) is 14.6. The van der Waals surface area contributed by atoms with E-state index in [9.17, 15) is 4.79 Å². The van der Waals surface area contributed by atoms with Crippen molar-refractivity contribution in [3.05, 3.63) is 18.7 Å². The van der Waals surface area contributed by atoms with Crippen LogP contribution in [0.2, 0.25) is 0 Å². The van der Waals surface area contributed by atoms with Crippen molar-refractivity contribution in [2.45, 2.75) is 58.7 Å². The molecule has 5 heteroatoms. The van der Waals surface area contributed by atoms with E-state index < -0.39 is 0 Å². The number of hydrogen-bond acceptors (Lipinski definition) is 3. The molecule has 1 atom stereocenters. The molecule has 1 heterocycles. The van der Waals surface area contributed by atoms with Crippen LogP contribution in [-0.4, -0.2) is 34.1 Å². The third-order valence-corrected chi connectivity index (χ3v) is 3.70. The summed E-state index contributed by atoms with van der Waals surface area (Å²) < 4.78 is 2.01. The van der Waals surface area contributed by atoms with Gasteiger partial charge in [0.2, 0.25) is 5.91 Å². The summed E-state index contributed by atoms with van der Waals surface area (Å²) in [5.74, 6) is 0.123. The normalized spacial score (nSPS) is 16.9. The quantitative estimate of drug-likeness (QED) is 0.795. The summed E-state index contributed by atoms with van der Waals surface area (Å²) in [6, 6.07) is 0.761. The smallest absolute Gasteiger partial charge is 0.221 e. The van der Waals surface area contributed by atoms with Crippen molar-refractivity contribution in [3.63, 3.8) is 0 Å². The minimum atomic E-state index is 0.0177. The molecule has 0 bridgehead atoms. The standard InChI is InChI=1S/C15H26N4O/c1-15(2,3)13(10-19-9-8-16-11-19)18-14(20)6-7-17-12-4-5-12/h8-9,11-13,17H,4-7,10H2,1-3H3,(H,18,20). The van der Waals surface area contributed by atoms with Crippen LogP contribution in [0.25, 0.3) is 0 Å². The Balaban J connectivity index is 1.81. The van der Waals surface area contributed by atoms with Gasteiger partial charge in [0, 0.05) is 37.9 Å². The Morgan fingerprint density at radius 2 is 2.20 bits per heavy atom. The van der Waals surface area contributed by atoms with Crippen LogP contribution >= 0.6 is 0 Å². The van der Waals surface area contributed by atoms with Crippen LogP contribution in [0.1, 0.15) is 40.0 Å². The number of hydrogen-bond donors (Lipinski definition) is 2. The zero-order valence-corrected chi connectivity index (χ0v) is 12.7. The predicted octanol–water partition coefficient (Wildman–Crippen LogP) is 1.56. The average molecular weight is 278 g/mol. The third kappa shape index (κ3) is 4.96. The first kappa shape index (κ1) is 15.0. The number of carbonyl (C=O) groups is 1. The molecular weight excluding hydrogens is 252 g/mol. The van der Waals surface area contributed by atoms with E-state index in [-0.39, 0.29) is 17.4 Å². The Morgan fingerprint density at radius 3 is 2.75 bits per heavy atom. The second-order valence-electron chi connectivity index (χ2n) is 6.72. The lowest BCUT2D eigenvalue weighted by Crippen LogP contribution is -2.46. The number of nitrogens with one attached hydrogen (secondary N) is 2. The summed E-state index contributed by atoms with van der Waals surface area (Å²) in [5.41, 5.74) is 0.0177. The van der Waals surface area contributed by atoms with E-state index in [0.29, 0.717) is 12.5 Å². The molecule has 20 heavy (non-hydrogen) atoms. The molecular formula is C15H26N4O. The van der Waals surface area contributed by atoms with Crippen molar-refractivity contribution in [2.24, 2.45) is 5.41 Å². The molecule has 1 saturated carbocycles. The topological polar surface area (TPSA) is 59.0 Å². The van der Waals surface area contributed by atoms with Crippen molar-refractivity contribution in [1.82, 2.24) is 20.2 Å². The van der Waals surface area contributed by atoms with Gasteiger partial charge in [0.25, 0.3) is 0 Å². The lowest BCUT2D eigenvalue weighted by atomic mass is 9.86. The lowest BCUT2D eigenvalue weighted by molar-refractivity contribution is -0.122. The van der Waals surface area contributed by atoms with E-state index in [1.54, 1.807) is 12.5 Å². The summed E-state index contributed by atoms with van der Waals surface area (Å²) in [5, 5.41) is 6.53. The summed E-state index contributed by atoms with van der Waals surface area (Å²) in [6.45, 7) is 7.98. The summed E-state index contributed by atoms with van der Waals surface area (Å²) >= 11 is 0. The van der Waals surface area contributed by atoms with Gasteiger partial charge in [-0.05, 0) is 18.3 Å². The van der Waals surface area contributed by atoms with E-state index in [4.69, 9.17) is 0 Å². The highest BCUT2D eigenvalue weighted by Gasteiger charge is 2.26. The molecule has 1 aliphatic carbocycles. The molecule has 0 saturated heterocycles. The molecule has 0 aromatic carbocycles. The minimum Gasteiger partial charge on any atom is -0.351 e. The lowest BCUT2D eigenvalue weighted by Gasteiger charge is -2.31. The Kier molecular flexibility index (Phi) is 4.81. The van der Waals surface area contributed by atoms with Crippen molar-refractivity contribution < 1.29 is 4.79 Å². The molecule has 0 aliphatic heterocycles. The van der Waals surface area contributed by atoms with Crippen LogP contribution < -0.4 is 10.6 Å². The number of amides is 1. The van der Waals surface area contributed by atoms with E-state index in [2.05, 4.69) is 36.4 Å². The fourth-order valence-corrected chi connectivity index (χ4v) is 2.09. The Labute approximate surface area is 121 Å². The van der Waals surface area contributed by atoms with Gasteiger partial charge in [-0.25, -0.2) is 4.98 Å². The van der Waals surface area contributed by atoms with E-state index in [1.165, 1.54) is 12.8 Å². The van der Waals surface area contributed by atoms with E-state index >= 15 is 0 Å². The van der Waals surface area contributed by atoms with Gasteiger partial charge in [-0.15, -0.1) is 0 Å². The van der Waals surface area contributed by atoms with Gasteiger partial charge in [-0.3, -0.25) is 4.79 Å². The number of carbonyl (C=O) groups excluding carboxylic acids is 1. The number of imidazole rings is 1. The maximum atomic E-state index is 12.1. The van der Waals surface area contributed by atoms with Crippen LogP contribution in [-0.2, 0) is 11.3 Å². The van der Waals surface area contributed by atoms with Gasteiger partial charge in [0.15, 0.2) is 0 Å². The van der Waals surface area contributed by atoms with Crippen molar-refractivity contribution in [1.29, 1.82) is 0 Å². The predicted molar refractivity (Wildman–Crippen MR) is 79.3 cm³/mol. The first-order valence-corrected chi connectivity index (χ1v) is 7.43. The van der Waals surface area contributed by atoms with Crippen LogP contribution in [0, 0.1) is 5.41 Å². The van der Waals surface area contributed by atoms with Crippen molar-refractivity contribution >= 4 is 5.91 Å². The van der Waals surface area contributed by atoms with Crippen molar-refractivity contribution in [3.8, 4) is 0 Å². The SMILES string of the molecule is CC(C)(C)C(Cn1ccnc1)NC(=O)CCNC1CC1. The van der Waals surface area contributed by atoms with Crippen LogP contribution in [0.4, 0.5) is 0 Å². The molecule has 1 fully saturated rings. The maximum Gasteiger partial charge on any atom is 0.221 e.